The van der Waals surface area contributed by atoms with Crippen molar-refractivity contribution in [1.82, 2.24) is 14.8 Å². The van der Waals surface area contributed by atoms with E-state index in [0.717, 1.165) is 48.4 Å². The van der Waals surface area contributed by atoms with Gasteiger partial charge in [0.2, 0.25) is 5.91 Å². The Morgan fingerprint density at radius 2 is 2.00 bits per heavy atom. The van der Waals surface area contributed by atoms with Gasteiger partial charge in [-0.3, -0.25) is 9.59 Å². The number of aromatic nitrogens is 1. The highest BCUT2D eigenvalue weighted by atomic mass is 32.1. The summed E-state index contributed by atoms with van der Waals surface area (Å²) in [4.78, 5) is 33.9. The molecule has 2 aliphatic heterocycles. The summed E-state index contributed by atoms with van der Waals surface area (Å²) in [7, 11) is 0. The number of carbonyl (C=O) groups is 2. The number of amides is 2. The number of nitrogens with zero attached hydrogens (tertiary/aromatic N) is 3. The molecule has 148 valence electrons. The monoisotopic (exact) mass is 405 g/mol. The molecule has 0 saturated carbocycles. The fourth-order valence-electron chi connectivity index (χ4n) is 4.36. The molecule has 2 amide bonds. The van der Waals surface area contributed by atoms with Crippen LogP contribution in [0.15, 0.2) is 48.5 Å². The summed E-state index contributed by atoms with van der Waals surface area (Å²) in [5.41, 5.74) is 2.72. The summed E-state index contributed by atoms with van der Waals surface area (Å²) in [6.07, 6.45) is 3.51. The number of rotatable bonds is 4. The Morgan fingerprint density at radius 3 is 2.83 bits per heavy atom. The van der Waals surface area contributed by atoms with Gasteiger partial charge in [0.1, 0.15) is 5.01 Å². The number of fused-ring (bicyclic) bond motifs is 1. The minimum atomic E-state index is 0.0451. The molecule has 1 aromatic heterocycles. The van der Waals surface area contributed by atoms with Crippen LogP contribution in [-0.4, -0.2) is 39.7 Å². The first-order chi connectivity index (χ1) is 14.2. The van der Waals surface area contributed by atoms with Crippen LogP contribution in [0.2, 0.25) is 0 Å². The maximum Gasteiger partial charge on any atom is 0.254 e. The number of benzene rings is 2. The van der Waals surface area contributed by atoms with E-state index in [4.69, 9.17) is 4.98 Å². The summed E-state index contributed by atoms with van der Waals surface area (Å²) in [5.74, 6) is 0.263. The van der Waals surface area contributed by atoms with Crippen LogP contribution in [0.25, 0.3) is 10.2 Å². The number of carbonyl (C=O) groups excluding carboxylic acids is 2. The Kier molecular flexibility index (Phi) is 4.79. The number of para-hydroxylation sites is 1. The van der Waals surface area contributed by atoms with Gasteiger partial charge < -0.3 is 9.80 Å². The number of likely N-dealkylation sites (tertiary alicyclic amines) is 2. The number of hydrogen-bond acceptors (Lipinski definition) is 4. The normalized spacial score (nSPS) is 19.4. The lowest BCUT2D eigenvalue weighted by Crippen LogP contribution is -2.30. The molecule has 3 aromatic rings. The molecule has 0 bridgehead atoms. The summed E-state index contributed by atoms with van der Waals surface area (Å²) in [6.45, 7) is 2.15. The summed E-state index contributed by atoms with van der Waals surface area (Å²) in [6, 6.07) is 15.9. The zero-order valence-corrected chi connectivity index (χ0v) is 17.0. The van der Waals surface area contributed by atoms with Crippen molar-refractivity contribution in [2.75, 3.05) is 13.1 Å². The predicted molar refractivity (Wildman–Crippen MR) is 114 cm³/mol. The van der Waals surface area contributed by atoms with Crippen LogP contribution in [0, 0.1) is 0 Å². The maximum absolute atomic E-state index is 13.3. The molecule has 0 aliphatic carbocycles. The second kappa shape index (κ2) is 7.59. The van der Waals surface area contributed by atoms with Crippen LogP contribution < -0.4 is 0 Å². The fourth-order valence-corrected chi connectivity index (χ4v) is 5.47. The second-order valence-corrected chi connectivity index (χ2v) is 8.86. The molecule has 2 saturated heterocycles. The first-order valence-electron chi connectivity index (χ1n) is 10.2. The summed E-state index contributed by atoms with van der Waals surface area (Å²) < 4.78 is 1.17. The van der Waals surface area contributed by atoms with E-state index in [1.54, 1.807) is 11.3 Å². The van der Waals surface area contributed by atoms with Crippen LogP contribution in [0.5, 0.6) is 0 Å². The van der Waals surface area contributed by atoms with Gasteiger partial charge in [-0.15, -0.1) is 11.3 Å². The van der Waals surface area contributed by atoms with Crippen LogP contribution >= 0.6 is 11.3 Å². The SMILES string of the molecule is O=C1CCCN1Cc1cccc(C(=O)N2CCCC2c2nc3ccccc3s2)c1. The standard InChI is InChI=1S/C23H23N3O2S/c27-21-11-5-12-25(21)15-16-6-3-7-17(14-16)23(28)26-13-4-9-19(26)22-24-18-8-1-2-10-20(18)29-22/h1-3,6-8,10,14,19H,4-5,9,11-13,15H2. The van der Waals surface area contributed by atoms with Crippen LogP contribution in [0.1, 0.15) is 52.7 Å². The predicted octanol–water partition coefficient (Wildman–Crippen LogP) is 4.40. The highest BCUT2D eigenvalue weighted by molar-refractivity contribution is 7.18. The molecular formula is C23H23N3O2S. The van der Waals surface area contributed by atoms with E-state index >= 15 is 0 Å². The molecule has 2 aliphatic rings. The topological polar surface area (TPSA) is 53.5 Å². The first-order valence-corrected chi connectivity index (χ1v) is 11.0. The van der Waals surface area contributed by atoms with Crippen molar-refractivity contribution in [3.63, 3.8) is 0 Å². The molecule has 29 heavy (non-hydrogen) atoms. The van der Waals surface area contributed by atoms with E-state index in [2.05, 4.69) is 6.07 Å². The fraction of sp³-hybridized carbons (Fsp3) is 0.348. The van der Waals surface area contributed by atoms with E-state index in [0.29, 0.717) is 18.5 Å². The third-order valence-corrected chi connectivity index (χ3v) is 6.97. The van der Waals surface area contributed by atoms with E-state index in [1.807, 2.05) is 52.3 Å². The maximum atomic E-state index is 13.3. The number of thiazole rings is 1. The Hall–Kier alpha value is -2.73. The lowest BCUT2D eigenvalue weighted by molar-refractivity contribution is -0.128. The Labute approximate surface area is 174 Å². The van der Waals surface area contributed by atoms with Crippen molar-refractivity contribution in [2.24, 2.45) is 0 Å². The van der Waals surface area contributed by atoms with Crippen molar-refractivity contribution in [3.05, 3.63) is 64.7 Å². The van der Waals surface area contributed by atoms with Gasteiger partial charge in [-0.05, 0) is 49.1 Å². The van der Waals surface area contributed by atoms with Gasteiger partial charge in [-0.2, -0.15) is 0 Å². The second-order valence-electron chi connectivity index (χ2n) is 7.80. The largest absolute Gasteiger partial charge is 0.338 e. The molecule has 1 atom stereocenters. The van der Waals surface area contributed by atoms with Gasteiger partial charge in [-0.25, -0.2) is 4.98 Å². The molecule has 2 fully saturated rings. The van der Waals surface area contributed by atoms with Crippen molar-refractivity contribution >= 4 is 33.4 Å². The minimum absolute atomic E-state index is 0.0451. The van der Waals surface area contributed by atoms with Gasteiger partial charge in [0.25, 0.3) is 5.91 Å². The molecule has 1 unspecified atom stereocenters. The zero-order valence-electron chi connectivity index (χ0n) is 16.2. The average molecular weight is 406 g/mol. The Bertz CT molecular complexity index is 1040. The van der Waals surface area contributed by atoms with E-state index in [1.165, 1.54) is 4.70 Å². The molecular weight excluding hydrogens is 382 g/mol. The number of hydrogen-bond donors (Lipinski definition) is 0. The molecule has 5 rings (SSSR count). The highest BCUT2D eigenvalue weighted by Gasteiger charge is 2.33. The summed E-state index contributed by atoms with van der Waals surface area (Å²) in [5, 5.41) is 1.02. The Balaban J connectivity index is 1.37. The van der Waals surface area contributed by atoms with Crippen LogP contribution in [0.3, 0.4) is 0 Å². The van der Waals surface area contributed by atoms with Crippen molar-refractivity contribution in [2.45, 2.75) is 38.3 Å². The van der Waals surface area contributed by atoms with Crippen molar-refractivity contribution in [1.29, 1.82) is 0 Å². The van der Waals surface area contributed by atoms with Gasteiger partial charge in [-0.1, -0.05) is 24.3 Å². The molecule has 0 radical (unpaired) electrons. The third-order valence-electron chi connectivity index (χ3n) is 5.83. The van der Waals surface area contributed by atoms with Gasteiger partial charge in [0, 0.05) is 31.6 Å². The molecule has 3 heterocycles. The zero-order chi connectivity index (χ0) is 19.8. The minimum Gasteiger partial charge on any atom is -0.338 e. The van der Waals surface area contributed by atoms with Gasteiger partial charge in [0.05, 0.1) is 16.3 Å². The third kappa shape index (κ3) is 3.53. The molecule has 6 heteroatoms. The van der Waals surface area contributed by atoms with Crippen molar-refractivity contribution < 1.29 is 9.59 Å². The van der Waals surface area contributed by atoms with Crippen molar-refractivity contribution in [3.8, 4) is 0 Å². The average Bonchev–Trinajstić information content (AvgIpc) is 3.47. The molecule has 5 nitrogen and oxygen atoms in total. The van der Waals surface area contributed by atoms with Crippen LogP contribution in [0.4, 0.5) is 0 Å². The molecule has 0 N–H and O–H groups in total. The summed E-state index contributed by atoms with van der Waals surface area (Å²) >= 11 is 1.69. The lowest BCUT2D eigenvalue weighted by Gasteiger charge is -2.23. The smallest absolute Gasteiger partial charge is 0.254 e. The van der Waals surface area contributed by atoms with E-state index in [9.17, 15) is 9.59 Å². The Morgan fingerprint density at radius 1 is 1.10 bits per heavy atom. The van der Waals surface area contributed by atoms with E-state index in [-0.39, 0.29) is 17.9 Å². The van der Waals surface area contributed by atoms with Gasteiger partial charge >= 0.3 is 0 Å². The van der Waals surface area contributed by atoms with E-state index < -0.39 is 0 Å². The molecule has 0 spiro atoms. The lowest BCUT2D eigenvalue weighted by atomic mass is 10.1. The quantitative estimate of drug-likeness (QED) is 0.647. The molecule has 2 aromatic carbocycles. The first kappa shape index (κ1) is 18.3. The van der Waals surface area contributed by atoms with Crippen LogP contribution in [-0.2, 0) is 11.3 Å². The van der Waals surface area contributed by atoms with Gasteiger partial charge in [0.15, 0.2) is 0 Å². The highest BCUT2D eigenvalue weighted by Crippen LogP contribution is 2.37.